The van der Waals surface area contributed by atoms with Crippen molar-refractivity contribution in [2.45, 2.75) is 6.54 Å². The zero-order valence-corrected chi connectivity index (χ0v) is 13.3. The second-order valence-electron chi connectivity index (χ2n) is 4.25. The molecule has 0 aliphatic rings. The maximum atomic E-state index is 11.4. The van der Waals surface area contributed by atoms with E-state index in [1.165, 1.54) is 0 Å². The predicted octanol–water partition coefficient (Wildman–Crippen LogP) is 4.07. The highest BCUT2D eigenvalue weighted by Crippen LogP contribution is 2.26. The highest BCUT2D eigenvalue weighted by molar-refractivity contribution is 9.10. The summed E-state index contributed by atoms with van der Waals surface area (Å²) in [5.74, 6) is -0.0814. The van der Waals surface area contributed by atoms with Gasteiger partial charge in [0.25, 0.3) is 5.91 Å². The summed E-state index contributed by atoms with van der Waals surface area (Å²) in [4.78, 5) is 11.4. The van der Waals surface area contributed by atoms with Crippen LogP contribution in [-0.4, -0.2) is 13.0 Å². The Morgan fingerprint density at radius 1 is 1.20 bits per heavy atom. The third-order valence-electron chi connectivity index (χ3n) is 2.85. The Morgan fingerprint density at radius 3 is 2.55 bits per heavy atom. The summed E-state index contributed by atoms with van der Waals surface area (Å²) in [6.07, 6.45) is 0. The molecule has 0 spiro atoms. The van der Waals surface area contributed by atoms with Crippen LogP contribution in [0.15, 0.2) is 46.9 Å². The lowest BCUT2D eigenvalue weighted by Crippen LogP contribution is -2.17. The van der Waals surface area contributed by atoms with Gasteiger partial charge < -0.3 is 10.6 Å². The molecule has 0 bridgehead atoms. The van der Waals surface area contributed by atoms with Crippen molar-refractivity contribution in [1.82, 2.24) is 5.32 Å². The van der Waals surface area contributed by atoms with Crippen LogP contribution in [0.25, 0.3) is 0 Å². The van der Waals surface area contributed by atoms with Crippen molar-refractivity contribution in [3.63, 3.8) is 0 Å². The van der Waals surface area contributed by atoms with Gasteiger partial charge in [-0.1, -0.05) is 23.7 Å². The number of carbonyl (C=O) groups is 1. The first-order chi connectivity index (χ1) is 9.60. The minimum Gasteiger partial charge on any atom is -0.380 e. The Bertz CT molecular complexity index is 614. The second kappa shape index (κ2) is 6.77. The summed E-state index contributed by atoms with van der Waals surface area (Å²) in [6, 6.07) is 13.1. The van der Waals surface area contributed by atoms with Gasteiger partial charge in [-0.15, -0.1) is 0 Å². The molecule has 20 heavy (non-hydrogen) atoms. The molecule has 0 aromatic heterocycles. The highest BCUT2D eigenvalue weighted by Gasteiger charge is 2.03. The minimum absolute atomic E-state index is 0.0814. The van der Waals surface area contributed by atoms with E-state index in [0.29, 0.717) is 17.1 Å². The fraction of sp³-hybridized carbons (Fsp3) is 0.133. The number of nitrogens with one attached hydrogen (secondary N) is 2. The molecule has 2 N–H and O–H groups in total. The lowest BCUT2D eigenvalue weighted by atomic mass is 10.1. The van der Waals surface area contributed by atoms with E-state index in [9.17, 15) is 4.79 Å². The van der Waals surface area contributed by atoms with E-state index in [1.807, 2.05) is 42.5 Å². The van der Waals surface area contributed by atoms with E-state index in [4.69, 9.17) is 11.6 Å². The summed E-state index contributed by atoms with van der Waals surface area (Å²) in [6.45, 7) is 0.660. The van der Waals surface area contributed by atoms with Crippen molar-refractivity contribution in [2.75, 3.05) is 12.4 Å². The molecule has 0 aliphatic carbocycles. The van der Waals surface area contributed by atoms with Crippen LogP contribution >= 0.6 is 27.5 Å². The topological polar surface area (TPSA) is 41.1 Å². The number of hydrogen-bond donors (Lipinski definition) is 2. The van der Waals surface area contributed by atoms with Gasteiger partial charge in [0.05, 0.1) is 5.69 Å². The van der Waals surface area contributed by atoms with E-state index in [1.54, 1.807) is 7.05 Å². The monoisotopic (exact) mass is 352 g/mol. The first-order valence-corrected chi connectivity index (χ1v) is 7.27. The van der Waals surface area contributed by atoms with Crippen molar-refractivity contribution in [3.8, 4) is 0 Å². The molecule has 0 radical (unpaired) electrons. The molecule has 0 heterocycles. The predicted molar refractivity (Wildman–Crippen MR) is 86.3 cm³/mol. The average molecular weight is 354 g/mol. The molecule has 2 aromatic rings. The average Bonchev–Trinajstić information content (AvgIpc) is 2.48. The molecule has 1 amide bonds. The smallest absolute Gasteiger partial charge is 0.251 e. The Labute approximate surface area is 131 Å². The van der Waals surface area contributed by atoms with Crippen LogP contribution in [0.3, 0.4) is 0 Å². The number of rotatable bonds is 4. The third kappa shape index (κ3) is 3.74. The zero-order valence-electron chi connectivity index (χ0n) is 10.9. The lowest BCUT2D eigenvalue weighted by Gasteiger charge is -2.09. The Balaban J connectivity index is 2.04. The van der Waals surface area contributed by atoms with Gasteiger partial charge in [0.1, 0.15) is 0 Å². The van der Waals surface area contributed by atoms with Gasteiger partial charge in [0.2, 0.25) is 0 Å². The molecule has 0 aliphatic heterocycles. The Hall–Kier alpha value is -1.52. The number of benzene rings is 2. The summed E-state index contributed by atoms with van der Waals surface area (Å²) in [5.41, 5.74) is 2.68. The fourth-order valence-electron chi connectivity index (χ4n) is 1.75. The van der Waals surface area contributed by atoms with E-state index in [-0.39, 0.29) is 5.91 Å². The van der Waals surface area contributed by atoms with Crippen molar-refractivity contribution in [2.24, 2.45) is 0 Å². The second-order valence-corrected chi connectivity index (χ2v) is 5.54. The molecule has 0 unspecified atom stereocenters. The van der Waals surface area contributed by atoms with Crippen LogP contribution in [0.2, 0.25) is 5.02 Å². The van der Waals surface area contributed by atoms with Gasteiger partial charge >= 0.3 is 0 Å². The fourth-order valence-corrected chi connectivity index (χ4v) is 2.31. The number of anilines is 1. The van der Waals surface area contributed by atoms with Crippen LogP contribution in [0.1, 0.15) is 15.9 Å². The molecule has 2 rings (SSSR count). The quantitative estimate of drug-likeness (QED) is 0.870. The van der Waals surface area contributed by atoms with Crippen LogP contribution in [0.4, 0.5) is 5.69 Å². The maximum absolute atomic E-state index is 11.4. The van der Waals surface area contributed by atoms with Crippen LogP contribution in [0.5, 0.6) is 0 Å². The molecule has 2 aromatic carbocycles. The van der Waals surface area contributed by atoms with E-state index >= 15 is 0 Å². The number of hydrogen-bond acceptors (Lipinski definition) is 2. The molecule has 0 fully saturated rings. The molecule has 3 nitrogen and oxygen atoms in total. The van der Waals surface area contributed by atoms with Crippen molar-refractivity contribution in [3.05, 3.63) is 63.1 Å². The van der Waals surface area contributed by atoms with Crippen LogP contribution < -0.4 is 10.6 Å². The molecular formula is C15H14BrClN2O. The van der Waals surface area contributed by atoms with Gasteiger partial charge in [-0.05, 0) is 51.8 Å². The van der Waals surface area contributed by atoms with Crippen LogP contribution in [0, 0.1) is 0 Å². The van der Waals surface area contributed by atoms with E-state index in [2.05, 4.69) is 26.6 Å². The molecular weight excluding hydrogens is 340 g/mol. The van der Waals surface area contributed by atoms with Crippen molar-refractivity contribution >= 4 is 39.1 Å². The Kier molecular flexibility index (Phi) is 5.04. The number of amides is 1. The molecule has 0 saturated carbocycles. The maximum Gasteiger partial charge on any atom is 0.251 e. The van der Waals surface area contributed by atoms with Gasteiger partial charge in [0, 0.05) is 28.7 Å². The van der Waals surface area contributed by atoms with Gasteiger partial charge in [0.15, 0.2) is 0 Å². The molecule has 0 saturated heterocycles. The van der Waals surface area contributed by atoms with Crippen molar-refractivity contribution < 1.29 is 4.79 Å². The molecule has 0 atom stereocenters. The highest BCUT2D eigenvalue weighted by atomic mass is 79.9. The minimum atomic E-state index is -0.0814. The van der Waals surface area contributed by atoms with Gasteiger partial charge in [-0.3, -0.25) is 4.79 Å². The van der Waals surface area contributed by atoms with E-state index in [0.717, 1.165) is 15.7 Å². The summed E-state index contributed by atoms with van der Waals surface area (Å²) < 4.78 is 0.962. The first kappa shape index (κ1) is 14.9. The normalized spacial score (nSPS) is 10.2. The number of halogens is 2. The lowest BCUT2D eigenvalue weighted by molar-refractivity contribution is 0.0963. The molecule has 5 heteroatoms. The van der Waals surface area contributed by atoms with Gasteiger partial charge in [-0.25, -0.2) is 0 Å². The van der Waals surface area contributed by atoms with Crippen LogP contribution in [-0.2, 0) is 6.54 Å². The van der Waals surface area contributed by atoms with E-state index < -0.39 is 0 Å². The van der Waals surface area contributed by atoms with Gasteiger partial charge in [-0.2, -0.15) is 0 Å². The number of carbonyl (C=O) groups excluding carboxylic acids is 1. The summed E-state index contributed by atoms with van der Waals surface area (Å²) in [7, 11) is 1.62. The SMILES string of the molecule is CNC(=O)c1ccc(CNc2cc(Cl)ccc2Br)cc1. The zero-order chi connectivity index (χ0) is 14.5. The Morgan fingerprint density at radius 2 is 1.90 bits per heavy atom. The largest absolute Gasteiger partial charge is 0.380 e. The third-order valence-corrected chi connectivity index (χ3v) is 3.78. The molecule has 104 valence electrons. The first-order valence-electron chi connectivity index (χ1n) is 6.10. The summed E-state index contributed by atoms with van der Waals surface area (Å²) in [5, 5.41) is 6.58. The standard InChI is InChI=1S/C15H14BrClN2O/c1-18-15(20)11-4-2-10(3-5-11)9-19-14-8-12(17)6-7-13(14)16/h2-8,19H,9H2,1H3,(H,18,20). The summed E-state index contributed by atoms with van der Waals surface area (Å²) >= 11 is 9.43. The van der Waals surface area contributed by atoms with Crippen molar-refractivity contribution in [1.29, 1.82) is 0 Å².